The maximum atomic E-state index is 11.7. The molecule has 20 heavy (non-hydrogen) atoms. The Kier molecular flexibility index (Phi) is 3.82. The quantitative estimate of drug-likeness (QED) is 0.878. The van der Waals surface area contributed by atoms with Crippen LogP contribution in [-0.2, 0) is 14.6 Å². The molecule has 1 aromatic heterocycles. The zero-order valence-corrected chi connectivity index (χ0v) is 12.5. The number of thiophene rings is 1. The molecule has 0 saturated heterocycles. The number of carbonyl (C=O) groups excluding carboxylic acids is 1. The van der Waals surface area contributed by atoms with E-state index in [9.17, 15) is 13.2 Å². The van der Waals surface area contributed by atoms with E-state index in [2.05, 4.69) is 0 Å². The summed E-state index contributed by atoms with van der Waals surface area (Å²) in [6.45, 7) is 0. The van der Waals surface area contributed by atoms with E-state index in [4.69, 9.17) is 10.5 Å². The molecule has 0 aliphatic carbocycles. The number of anilines is 1. The third-order valence-corrected chi connectivity index (χ3v) is 4.74. The molecule has 2 aromatic rings. The fourth-order valence-corrected chi connectivity index (χ4v) is 3.22. The van der Waals surface area contributed by atoms with Crippen molar-refractivity contribution in [2.24, 2.45) is 0 Å². The molecule has 5 nitrogen and oxygen atoms in total. The Morgan fingerprint density at radius 3 is 2.35 bits per heavy atom. The van der Waals surface area contributed by atoms with Gasteiger partial charge in [-0.25, -0.2) is 13.2 Å². The van der Waals surface area contributed by atoms with Crippen LogP contribution in [0.4, 0.5) is 5.00 Å². The SMILES string of the molecule is COC(=O)c1c(-c2ccc(S(C)(=O)=O)cc2)csc1N. The molecular weight excluding hydrogens is 298 g/mol. The van der Waals surface area contributed by atoms with Crippen molar-refractivity contribution >= 4 is 32.1 Å². The summed E-state index contributed by atoms with van der Waals surface area (Å²) < 4.78 is 27.5. The number of carbonyl (C=O) groups is 1. The van der Waals surface area contributed by atoms with Crippen LogP contribution in [0.1, 0.15) is 10.4 Å². The van der Waals surface area contributed by atoms with Gasteiger partial charge in [0, 0.05) is 17.2 Å². The van der Waals surface area contributed by atoms with Crippen molar-refractivity contribution in [3.8, 4) is 11.1 Å². The minimum Gasteiger partial charge on any atom is -0.465 e. The summed E-state index contributed by atoms with van der Waals surface area (Å²) in [6.07, 6.45) is 1.14. The van der Waals surface area contributed by atoms with E-state index < -0.39 is 15.8 Å². The van der Waals surface area contributed by atoms with Gasteiger partial charge in [-0.1, -0.05) is 12.1 Å². The highest BCUT2D eigenvalue weighted by molar-refractivity contribution is 7.90. The summed E-state index contributed by atoms with van der Waals surface area (Å²) in [7, 11) is -1.95. The van der Waals surface area contributed by atoms with Crippen LogP contribution in [-0.4, -0.2) is 27.8 Å². The Bertz CT molecular complexity index is 745. The summed E-state index contributed by atoms with van der Waals surface area (Å²) in [4.78, 5) is 12.0. The number of hydrogen-bond acceptors (Lipinski definition) is 6. The molecule has 2 N–H and O–H groups in total. The number of ether oxygens (including phenoxy) is 1. The fraction of sp³-hybridized carbons (Fsp3) is 0.154. The standard InChI is InChI=1S/C13H13NO4S2/c1-18-13(15)11-10(7-19-12(11)14)8-3-5-9(6-4-8)20(2,16)17/h3-7H,14H2,1-2H3. The summed E-state index contributed by atoms with van der Waals surface area (Å²) in [5.74, 6) is -0.508. The monoisotopic (exact) mass is 311 g/mol. The molecule has 7 heteroatoms. The van der Waals surface area contributed by atoms with Gasteiger partial charge in [0.25, 0.3) is 0 Å². The average Bonchev–Trinajstić information content (AvgIpc) is 2.79. The van der Waals surface area contributed by atoms with Gasteiger partial charge in [-0.15, -0.1) is 11.3 Å². The van der Waals surface area contributed by atoms with Gasteiger partial charge in [-0.2, -0.15) is 0 Å². The first kappa shape index (κ1) is 14.5. The molecule has 0 atom stereocenters. The van der Waals surface area contributed by atoms with Gasteiger partial charge in [-0.05, 0) is 17.7 Å². The van der Waals surface area contributed by atoms with Crippen LogP contribution >= 0.6 is 11.3 Å². The number of sulfone groups is 1. The molecule has 0 radical (unpaired) electrons. The van der Waals surface area contributed by atoms with Crippen molar-refractivity contribution in [2.45, 2.75) is 4.90 Å². The highest BCUT2D eigenvalue weighted by Crippen LogP contribution is 2.34. The zero-order valence-electron chi connectivity index (χ0n) is 10.9. The molecular formula is C13H13NO4S2. The predicted octanol–water partition coefficient (Wildman–Crippen LogP) is 2.19. The number of hydrogen-bond donors (Lipinski definition) is 1. The van der Waals surface area contributed by atoms with Crippen molar-refractivity contribution in [3.63, 3.8) is 0 Å². The largest absolute Gasteiger partial charge is 0.465 e. The van der Waals surface area contributed by atoms with E-state index in [-0.39, 0.29) is 4.90 Å². The Labute approximate surface area is 120 Å². The lowest BCUT2D eigenvalue weighted by atomic mass is 10.0. The molecule has 2 rings (SSSR count). The van der Waals surface area contributed by atoms with E-state index in [1.54, 1.807) is 17.5 Å². The normalized spacial score (nSPS) is 11.3. The zero-order chi connectivity index (χ0) is 14.9. The minimum absolute atomic E-state index is 0.226. The van der Waals surface area contributed by atoms with Gasteiger partial charge in [0.2, 0.25) is 0 Å². The van der Waals surface area contributed by atoms with Gasteiger partial charge < -0.3 is 10.5 Å². The Morgan fingerprint density at radius 1 is 1.25 bits per heavy atom. The lowest BCUT2D eigenvalue weighted by Gasteiger charge is -2.05. The molecule has 0 spiro atoms. The average molecular weight is 311 g/mol. The van der Waals surface area contributed by atoms with Crippen LogP contribution in [0.3, 0.4) is 0 Å². The molecule has 0 fully saturated rings. The van der Waals surface area contributed by atoms with Crippen molar-refractivity contribution in [2.75, 3.05) is 19.1 Å². The molecule has 0 unspecified atom stereocenters. The Balaban J connectivity index is 2.51. The maximum absolute atomic E-state index is 11.7. The summed E-state index contributed by atoms with van der Waals surface area (Å²) in [6, 6.07) is 6.29. The van der Waals surface area contributed by atoms with E-state index >= 15 is 0 Å². The van der Waals surface area contributed by atoms with Crippen LogP contribution in [0, 0.1) is 0 Å². The number of rotatable bonds is 3. The molecule has 0 aliphatic heterocycles. The van der Waals surface area contributed by atoms with Gasteiger partial charge in [0.1, 0.15) is 10.6 Å². The number of benzene rings is 1. The highest BCUT2D eigenvalue weighted by Gasteiger charge is 2.19. The molecule has 1 aromatic carbocycles. The summed E-state index contributed by atoms with van der Waals surface area (Å²) in [5.41, 5.74) is 7.44. The van der Waals surface area contributed by atoms with E-state index in [1.165, 1.54) is 30.6 Å². The van der Waals surface area contributed by atoms with Gasteiger partial charge in [0.15, 0.2) is 9.84 Å². The lowest BCUT2D eigenvalue weighted by molar-refractivity contribution is 0.0603. The Hall–Kier alpha value is -1.86. The van der Waals surface area contributed by atoms with Crippen LogP contribution in [0.5, 0.6) is 0 Å². The molecule has 0 amide bonds. The minimum atomic E-state index is -3.24. The fourth-order valence-electron chi connectivity index (χ4n) is 1.78. The number of nitrogen functional groups attached to an aromatic ring is 1. The van der Waals surface area contributed by atoms with E-state index in [0.29, 0.717) is 21.7 Å². The first-order valence-corrected chi connectivity index (χ1v) is 8.37. The number of nitrogens with two attached hydrogens (primary N) is 1. The molecule has 1 heterocycles. The van der Waals surface area contributed by atoms with Crippen molar-refractivity contribution in [1.82, 2.24) is 0 Å². The maximum Gasteiger partial charge on any atom is 0.341 e. The second-order valence-corrected chi connectivity index (χ2v) is 7.10. The van der Waals surface area contributed by atoms with Gasteiger partial charge >= 0.3 is 5.97 Å². The molecule has 0 bridgehead atoms. The van der Waals surface area contributed by atoms with Crippen LogP contribution in [0.15, 0.2) is 34.5 Å². The third-order valence-electron chi connectivity index (χ3n) is 2.80. The van der Waals surface area contributed by atoms with Crippen molar-refractivity contribution in [1.29, 1.82) is 0 Å². The summed E-state index contributed by atoms with van der Waals surface area (Å²) >= 11 is 1.24. The van der Waals surface area contributed by atoms with Crippen LogP contribution in [0.2, 0.25) is 0 Å². The molecule has 106 valence electrons. The summed E-state index contributed by atoms with van der Waals surface area (Å²) in [5, 5.41) is 2.12. The van der Waals surface area contributed by atoms with Gasteiger partial charge in [0.05, 0.1) is 12.0 Å². The number of esters is 1. The topological polar surface area (TPSA) is 86.5 Å². The highest BCUT2D eigenvalue weighted by atomic mass is 32.2. The van der Waals surface area contributed by atoms with Crippen molar-refractivity contribution in [3.05, 3.63) is 35.2 Å². The predicted molar refractivity (Wildman–Crippen MR) is 78.6 cm³/mol. The van der Waals surface area contributed by atoms with E-state index in [0.717, 1.165) is 6.26 Å². The second kappa shape index (κ2) is 5.26. The third kappa shape index (κ3) is 2.68. The van der Waals surface area contributed by atoms with Gasteiger partial charge in [-0.3, -0.25) is 0 Å². The first-order chi connectivity index (χ1) is 9.34. The van der Waals surface area contributed by atoms with Crippen LogP contribution in [0.25, 0.3) is 11.1 Å². The Morgan fingerprint density at radius 2 is 1.85 bits per heavy atom. The smallest absolute Gasteiger partial charge is 0.341 e. The van der Waals surface area contributed by atoms with E-state index in [1.807, 2.05) is 0 Å². The molecule has 0 aliphatic rings. The molecule has 0 saturated carbocycles. The van der Waals surface area contributed by atoms with Crippen molar-refractivity contribution < 1.29 is 17.9 Å². The number of methoxy groups -OCH3 is 1. The lowest BCUT2D eigenvalue weighted by Crippen LogP contribution is -2.04. The first-order valence-electron chi connectivity index (χ1n) is 5.60. The van der Waals surface area contributed by atoms with Crippen LogP contribution < -0.4 is 5.73 Å². The second-order valence-electron chi connectivity index (χ2n) is 4.18.